The first-order chi connectivity index (χ1) is 11.7. The molecule has 6 heteroatoms. The molecule has 4 rings (SSSR count). The van der Waals surface area contributed by atoms with Crippen molar-refractivity contribution in [1.82, 2.24) is 25.1 Å². The van der Waals surface area contributed by atoms with Crippen LogP contribution in [0.15, 0.2) is 36.7 Å². The minimum Gasteiger partial charge on any atom is -0.338 e. The normalized spacial score (nSPS) is 18.0. The molecule has 0 spiro atoms. The lowest BCUT2D eigenvalue weighted by Crippen LogP contribution is -2.39. The van der Waals surface area contributed by atoms with Crippen molar-refractivity contribution >= 4 is 16.9 Å². The highest BCUT2D eigenvalue weighted by atomic mass is 16.2. The van der Waals surface area contributed by atoms with Gasteiger partial charge in [-0.2, -0.15) is 5.10 Å². The summed E-state index contributed by atoms with van der Waals surface area (Å²) in [6, 6.07) is 7.71. The maximum atomic E-state index is 13.0. The van der Waals surface area contributed by atoms with Crippen LogP contribution < -0.4 is 0 Å². The molecule has 1 saturated heterocycles. The fourth-order valence-corrected chi connectivity index (χ4v) is 3.39. The number of H-pyrrole nitrogens is 1. The third-order valence-electron chi connectivity index (χ3n) is 4.68. The zero-order chi connectivity index (χ0) is 16.5. The Kier molecular flexibility index (Phi) is 3.72. The maximum Gasteiger partial charge on any atom is 0.255 e. The molecule has 1 amide bonds. The van der Waals surface area contributed by atoms with Gasteiger partial charge in [0.1, 0.15) is 0 Å². The fraction of sp³-hybridized carbons (Fsp3) is 0.333. The van der Waals surface area contributed by atoms with Gasteiger partial charge in [0.05, 0.1) is 11.3 Å². The molecule has 0 bridgehead atoms. The van der Waals surface area contributed by atoms with Gasteiger partial charge in [-0.15, -0.1) is 0 Å². The number of hydrogen-bond acceptors (Lipinski definition) is 4. The lowest BCUT2D eigenvalue weighted by Gasteiger charge is -2.32. The number of rotatable bonds is 2. The topological polar surface area (TPSA) is 74.8 Å². The van der Waals surface area contributed by atoms with E-state index in [-0.39, 0.29) is 5.91 Å². The summed E-state index contributed by atoms with van der Waals surface area (Å²) in [4.78, 5) is 23.7. The largest absolute Gasteiger partial charge is 0.338 e. The maximum absolute atomic E-state index is 13.0. The number of pyridine rings is 2. The lowest BCUT2D eigenvalue weighted by atomic mass is 9.94. The number of aromatic amines is 1. The summed E-state index contributed by atoms with van der Waals surface area (Å²) >= 11 is 0. The zero-order valence-electron chi connectivity index (χ0n) is 13.6. The van der Waals surface area contributed by atoms with Crippen LogP contribution in [-0.4, -0.2) is 44.1 Å². The van der Waals surface area contributed by atoms with Gasteiger partial charge >= 0.3 is 0 Å². The highest BCUT2D eigenvalue weighted by molar-refractivity contribution is 5.98. The SMILES string of the molecule is Cc1nc2ncccc2cc1C(=O)N1CCCC(c2ccn[nH]2)C1. The average Bonchev–Trinajstić information content (AvgIpc) is 3.15. The van der Waals surface area contributed by atoms with E-state index in [0.717, 1.165) is 36.2 Å². The van der Waals surface area contributed by atoms with Crippen molar-refractivity contribution in [2.45, 2.75) is 25.7 Å². The highest BCUT2D eigenvalue weighted by Crippen LogP contribution is 2.27. The number of piperidine rings is 1. The standard InChI is InChI=1S/C18H19N5O/c1-12-15(10-13-4-2-7-19-17(13)21-12)18(24)23-9-3-5-14(11-23)16-6-8-20-22-16/h2,4,6-8,10,14H,3,5,9,11H2,1H3,(H,20,22). The number of hydrogen-bond donors (Lipinski definition) is 1. The molecule has 6 nitrogen and oxygen atoms in total. The zero-order valence-corrected chi connectivity index (χ0v) is 13.6. The van der Waals surface area contributed by atoms with Gasteiger partial charge < -0.3 is 4.90 Å². The molecule has 1 aliphatic heterocycles. The van der Waals surface area contributed by atoms with E-state index in [1.54, 1.807) is 12.4 Å². The summed E-state index contributed by atoms with van der Waals surface area (Å²) in [6.45, 7) is 3.37. The van der Waals surface area contributed by atoms with Gasteiger partial charge in [-0.1, -0.05) is 0 Å². The van der Waals surface area contributed by atoms with Crippen molar-refractivity contribution in [3.8, 4) is 0 Å². The van der Waals surface area contributed by atoms with Crippen molar-refractivity contribution in [3.05, 3.63) is 53.6 Å². The van der Waals surface area contributed by atoms with Crippen molar-refractivity contribution in [3.63, 3.8) is 0 Å². The third kappa shape index (κ3) is 2.64. The second kappa shape index (κ2) is 6.03. The molecule has 3 aromatic rings. The number of aromatic nitrogens is 4. The van der Waals surface area contributed by atoms with Crippen LogP contribution in [0.2, 0.25) is 0 Å². The number of carbonyl (C=O) groups is 1. The van der Waals surface area contributed by atoms with E-state index in [0.29, 0.717) is 23.7 Å². The molecule has 1 fully saturated rings. The molecule has 0 aliphatic carbocycles. The highest BCUT2D eigenvalue weighted by Gasteiger charge is 2.27. The van der Waals surface area contributed by atoms with Crippen LogP contribution in [0, 0.1) is 6.92 Å². The molecule has 0 aromatic carbocycles. The summed E-state index contributed by atoms with van der Waals surface area (Å²) in [5.74, 6) is 0.371. The van der Waals surface area contributed by atoms with Gasteiger partial charge in [-0.05, 0) is 44.0 Å². The van der Waals surface area contributed by atoms with E-state index in [2.05, 4.69) is 20.2 Å². The van der Waals surface area contributed by atoms with Gasteiger partial charge in [-0.25, -0.2) is 9.97 Å². The molecule has 24 heavy (non-hydrogen) atoms. The Morgan fingerprint density at radius 1 is 1.33 bits per heavy atom. The number of amides is 1. The van der Waals surface area contributed by atoms with Crippen molar-refractivity contribution in [2.75, 3.05) is 13.1 Å². The first-order valence-electron chi connectivity index (χ1n) is 8.23. The summed E-state index contributed by atoms with van der Waals surface area (Å²) in [7, 11) is 0. The minimum atomic E-state index is 0.0509. The first-order valence-corrected chi connectivity index (χ1v) is 8.23. The van der Waals surface area contributed by atoms with E-state index in [9.17, 15) is 4.79 Å². The Balaban J connectivity index is 1.62. The molecule has 0 radical (unpaired) electrons. The van der Waals surface area contributed by atoms with Gasteiger partial charge in [0.2, 0.25) is 0 Å². The number of fused-ring (bicyclic) bond motifs is 1. The van der Waals surface area contributed by atoms with Crippen LogP contribution in [0.25, 0.3) is 11.0 Å². The molecule has 1 aliphatic rings. The predicted molar refractivity (Wildman–Crippen MR) is 90.7 cm³/mol. The second-order valence-corrected chi connectivity index (χ2v) is 6.27. The molecule has 122 valence electrons. The van der Waals surface area contributed by atoms with Crippen molar-refractivity contribution in [1.29, 1.82) is 0 Å². The van der Waals surface area contributed by atoms with Crippen LogP contribution in [0.1, 0.15) is 40.5 Å². The molecule has 3 aromatic heterocycles. The summed E-state index contributed by atoms with van der Waals surface area (Å²) in [5, 5.41) is 7.96. The third-order valence-corrected chi connectivity index (χ3v) is 4.68. The van der Waals surface area contributed by atoms with E-state index in [1.165, 1.54) is 0 Å². The molecule has 1 unspecified atom stereocenters. The molecular weight excluding hydrogens is 302 g/mol. The van der Waals surface area contributed by atoms with Crippen LogP contribution in [-0.2, 0) is 0 Å². The average molecular weight is 321 g/mol. The summed E-state index contributed by atoms with van der Waals surface area (Å²) < 4.78 is 0. The molecule has 1 N–H and O–H groups in total. The number of carbonyl (C=O) groups excluding carboxylic acids is 1. The van der Waals surface area contributed by atoms with Crippen LogP contribution >= 0.6 is 0 Å². The summed E-state index contributed by atoms with van der Waals surface area (Å²) in [6.07, 6.45) is 5.55. The smallest absolute Gasteiger partial charge is 0.255 e. The van der Waals surface area contributed by atoms with Crippen LogP contribution in [0.4, 0.5) is 0 Å². The van der Waals surface area contributed by atoms with E-state index in [4.69, 9.17) is 0 Å². The Morgan fingerprint density at radius 2 is 2.25 bits per heavy atom. The monoisotopic (exact) mass is 321 g/mol. The number of nitrogens with one attached hydrogen (secondary N) is 1. The number of nitrogens with zero attached hydrogens (tertiary/aromatic N) is 4. The van der Waals surface area contributed by atoms with Crippen LogP contribution in [0.5, 0.6) is 0 Å². The van der Waals surface area contributed by atoms with Gasteiger partial charge in [-0.3, -0.25) is 9.89 Å². The van der Waals surface area contributed by atoms with E-state index >= 15 is 0 Å². The Bertz CT molecular complexity index is 874. The quantitative estimate of drug-likeness (QED) is 0.787. The van der Waals surface area contributed by atoms with Gasteiger partial charge in [0, 0.05) is 42.5 Å². The fourth-order valence-electron chi connectivity index (χ4n) is 3.39. The predicted octanol–water partition coefficient (Wildman–Crippen LogP) is 2.68. The summed E-state index contributed by atoms with van der Waals surface area (Å²) in [5.41, 5.74) is 3.18. The van der Waals surface area contributed by atoms with Crippen LogP contribution in [0.3, 0.4) is 0 Å². The first kappa shape index (κ1) is 14.8. The molecule has 0 saturated carbocycles. The minimum absolute atomic E-state index is 0.0509. The van der Waals surface area contributed by atoms with Gasteiger partial charge in [0.15, 0.2) is 5.65 Å². The molecular formula is C18H19N5O. The Labute approximate surface area is 139 Å². The second-order valence-electron chi connectivity index (χ2n) is 6.27. The van der Waals surface area contributed by atoms with E-state index in [1.807, 2.05) is 36.1 Å². The Morgan fingerprint density at radius 3 is 3.08 bits per heavy atom. The molecule has 4 heterocycles. The molecule has 1 atom stereocenters. The number of aryl methyl sites for hydroxylation is 1. The van der Waals surface area contributed by atoms with Crippen molar-refractivity contribution < 1.29 is 4.79 Å². The van der Waals surface area contributed by atoms with Crippen molar-refractivity contribution in [2.24, 2.45) is 0 Å². The number of likely N-dealkylation sites (tertiary alicyclic amines) is 1. The Hall–Kier alpha value is -2.76. The lowest BCUT2D eigenvalue weighted by molar-refractivity contribution is 0.0705. The van der Waals surface area contributed by atoms with E-state index < -0.39 is 0 Å². The van der Waals surface area contributed by atoms with Gasteiger partial charge in [0.25, 0.3) is 5.91 Å².